The summed E-state index contributed by atoms with van der Waals surface area (Å²) in [4.78, 5) is 9.16. The van der Waals surface area contributed by atoms with Crippen molar-refractivity contribution in [2.45, 2.75) is 52.2 Å². The Bertz CT molecular complexity index is 400. The molecule has 1 aliphatic rings. The van der Waals surface area contributed by atoms with E-state index >= 15 is 0 Å². The molecule has 0 bridgehead atoms. The summed E-state index contributed by atoms with van der Waals surface area (Å²) in [6.07, 6.45) is 5.29. The fourth-order valence-electron chi connectivity index (χ4n) is 2.29. The van der Waals surface area contributed by atoms with Crippen LogP contribution in [0.5, 0.6) is 0 Å². The molecule has 1 saturated heterocycles. The average Bonchev–Trinajstić information content (AvgIpc) is 2.38. The molecule has 1 atom stereocenters. The van der Waals surface area contributed by atoms with Crippen LogP contribution in [0.1, 0.15) is 50.2 Å². The number of hydrogen-bond acceptors (Lipinski definition) is 4. The molecule has 0 aliphatic carbocycles. The van der Waals surface area contributed by atoms with Gasteiger partial charge in [-0.2, -0.15) is 0 Å². The molecule has 18 heavy (non-hydrogen) atoms. The van der Waals surface area contributed by atoms with Crippen molar-refractivity contribution in [1.29, 1.82) is 0 Å². The highest BCUT2D eigenvalue weighted by atomic mass is 16.5. The third kappa shape index (κ3) is 2.87. The first-order chi connectivity index (χ1) is 8.65. The van der Waals surface area contributed by atoms with Crippen molar-refractivity contribution in [3.63, 3.8) is 0 Å². The third-order valence-electron chi connectivity index (χ3n) is 3.59. The number of rotatable bonds is 4. The van der Waals surface area contributed by atoms with Crippen LogP contribution in [0, 0.1) is 6.92 Å². The lowest BCUT2D eigenvalue weighted by molar-refractivity contribution is -0.0761. The molecular weight excluding hydrogens is 226 g/mol. The molecule has 1 N–H and O–H groups in total. The van der Waals surface area contributed by atoms with E-state index < -0.39 is 0 Å². The molecule has 0 aromatic carbocycles. The molecule has 1 aromatic heterocycles. The van der Waals surface area contributed by atoms with Crippen molar-refractivity contribution in [3.05, 3.63) is 23.3 Å². The van der Waals surface area contributed by atoms with Crippen LogP contribution in [0.2, 0.25) is 0 Å². The third-order valence-corrected chi connectivity index (χ3v) is 3.59. The van der Waals surface area contributed by atoms with E-state index in [1.165, 1.54) is 12.0 Å². The predicted molar refractivity (Wildman–Crippen MR) is 71.3 cm³/mol. The van der Waals surface area contributed by atoms with Crippen LogP contribution < -0.4 is 5.32 Å². The van der Waals surface area contributed by atoms with Crippen molar-refractivity contribution >= 4 is 0 Å². The molecule has 100 valence electrons. The molecule has 0 saturated carbocycles. The van der Waals surface area contributed by atoms with E-state index in [1.807, 2.05) is 13.1 Å². The first kappa shape index (κ1) is 13.4. The second-order valence-electron chi connectivity index (χ2n) is 5.12. The summed E-state index contributed by atoms with van der Waals surface area (Å²) in [5.74, 6) is 0.833. The van der Waals surface area contributed by atoms with E-state index in [0.29, 0.717) is 0 Å². The molecule has 1 aromatic rings. The van der Waals surface area contributed by atoms with Gasteiger partial charge in [0, 0.05) is 30.6 Å². The zero-order chi connectivity index (χ0) is 13.0. The van der Waals surface area contributed by atoms with Gasteiger partial charge in [0.05, 0.1) is 0 Å². The van der Waals surface area contributed by atoms with Crippen LogP contribution in [0.4, 0.5) is 0 Å². The summed E-state index contributed by atoms with van der Waals surface area (Å²) in [5, 5.41) is 3.30. The fourth-order valence-corrected chi connectivity index (χ4v) is 2.29. The fraction of sp³-hybridized carbons (Fsp3) is 0.714. The Morgan fingerprint density at radius 2 is 2.28 bits per heavy atom. The van der Waals surface area contributed by atoms with Gasteiger partial charge in [0.15, 0.2) is 5.82 Å². The van der Waals surface area contributed by atoms with Crippen LogP contribution >= 0.6 is 0 Å². The minimum absolute atomic E-state index is 0.292. The van der Waals surface area contributed by atoms with Crippen LogP contribution in [0.25, 0.3) is 0 Å². The predicted octanol–water partition coefficient (Wildman–Crippen LogP) is 2.31. The Kier molecular flexibility index (Phi) is 4.30. The molecule has 4 heteroatoms. The minimum atomic E-state index is -0.292. The summed E-state index contributed by atoms with van der Waals surface area (Å²) < 4.78 is 5.89. The standard InChI is InChI=1S/C14H23N3O/c1-4-15-9-12-10-16-13(17-11(12)2)14(3)7-5-6-8-18-14/h10,15H,4-9H2,1-3H3. The topological polar surface area (TPSA) is 47.0 Å². The van der Waals surface area contributed by atoms with Crippen molar-refractivity contribution in [2.24, 2.45) is 0 Å². The Morgan fingerprint density at radius 3 is 2.89 bits per heavy atom. The van der Waals surface area contributed by atoms with E-state index in [4.69, 9.17) is 4.74 Å². The maximum Gasteiger partial charge on any atom is 0.160 e. The first-order valence-corrected chi connectivity index (χ1v) is 6.83. The quantitative estimate of drug-likeness (QED) is 0.889. The smallest absolute Gasteiger partial charge is 0.160 e. The number of ether oxygens (including phenoxy) is 1. The monoisotopic (exact) mass is 249 g/mol. The lowest BCUT2D eigenvalue weighted by Crippen LogP contribution is -2.32. The number of nitrogens with one attached hydrogen (secondary N) is 1. The molecule has 0 spiro atoms. The molecule has 1 unspecified atom stereocenters. The van der Waals surface area contributed by atoms with Crippen LogP contribution in [-0.4, -0.2) is 23.1 Å². The van der Waals surface area contributed by atoms with Crippen LogP contribution in [0.15, 0.2) is 6.20 Å². The number of aromatic nitrogens is 2. The summed E-state index contributed by atoms with van der Waals surface area (Å²) >= 11 is 0. The second kappa shape index (κ2) is 5.76. The molecule has 2 heterocycles. The molecule has 0 radical (unpaired) electrons. The van der Waals surface area contributed by atoms with Gasteiger partial charge in [-0.3, -0.25) is 0 Å². The van der Waals surface area contributed by atoms with E-state index in [-0.39, 0.29) is 5.60 Å². The van der Waals surface area contributed by atoms with Gasteiger partial charge in [-0.1, -0.05) is 6.92 Å². The maximum atomic E-state index is 5.89. The highest BCUT2D eigenvalue weighted by molar-refractivity contribution is 5.18. The van der Waals surface area contributed by atoms with Crippen molar-refractivity contribution in [1.82, 2.24) is 15.3 Å². The molecule has 4 nitrogen and oxygen atoms in total. The van der Waals surface area contributed by atoms with Crippen molar-refractivity contribution in [2.75, 3.05) is 13.2 Å². The van der Waals surface area contributed by atoms with Gasteiger partial charge >= 0.3 is 0 Å². The summed E-state index contributed by atoms with van der Waals surface area (Å²) in [6, 6.07) is 0. The largest absolute Gasteiger partial charge is 0.367 e. The van der Waals surface area contributed by atoms with Crippen molar-refractivity contribution < 1.29 is 4.74 Å². The number of aryl methyl sites for hydroxylation is 1. The zero-order valence-corrected chi connectivity index (χ0v) is 11.6. The van der Waals surface area contributed by atoms with Crippen molar-refractivity contribution in [3.8, 4) is 0 Å². The lowest BCUT2D eigenvalue weighted by Gasteiger charge is -2.32. The SMILES string of the molecule is CCNCc1cnc(C2(C)CCCCO2)nc1C. The number of hydrogen-bond donors (Lipinski definition) is 1. The molecule has 1 aliphatic heterocycles. The Labute approximate surface area is 109 Å². The van der Waals surface area contributed by atoms with E-state index in [0.717, 1.165) is 44.1 Å². The Balaban J connectivity index is 2.17. The minimum Gasteiger partial charge on any atom is -0.367 e. The molecule has 2 rings (SSSR count). The highest BCUT2D eigenvalue weighted by Gasteiger charge is 2.33. The Hall–Kier alpha value is -1.00. The molecular formula is C14H23N3O. The molecule has 0 amide bonds. The van der Waals surface area contributed by atoms with Gasteiger partial charge in [0.25, 0.3) is 0 Å². The van der Waals surface area contributed by atoms with E-state index in [9.17, 15) is 0 Å². The summed E-state index contributed by atoms with van der Waals surface area (Å²) in [7, 11) is 0. The van der Waals surface area contributed by atoms with Gasteiger partial charge in [-0.25, -0.2) is 9.97 Å². The zero-order valence-electron chi connectivity index (χ0n) is 11.6. The maximum absolute atomic E-state index is 5.89. The first-order valence-electron chi connectivity index (χ1n) is 6.83. The van der Waals surface area contributed by atoms with E-state index in [1.54, 1.807) is 0 Å². The normalized spacial score (nSPS) is 24.2. The number of nitrogens with zero attached hydrogens (tertiary/aromatic N) is 2. The second-order valence-corrected chi connectivity index (χ2v) is 5.12. The average molecular weight is 249 g/mol. The van der Waals surface area contributed by atoms with Crippen LogP contribution in [-0.2, 0) is 16.9 Å². The van der Waals surface area contributed by atoms with Gasteiger partial charge in [-0.05, 0) is 39.7 Å². The van der Waals surface area contributed by atoms with Gasteiger partial charge in [-0.15, -0.1) is 0 Å². The Morgan fingerprint density at radius 1 is 1.44 bits per heavy atom. The summed E-state index contributed by atoms with van der Waals surface area (Å²) in [5.41, 5.74) is 1.93. The van der Waals surface area contributed by atoms with Crippen LogP contribution in [0.3, 0.4) is 0 Å². The van der Waals surface area contributed by atoms with Gasteiger partial charge in [0.2, 0.25) is 0 Å². The van der Waals surface area contributed by atoms with Gasteiger partial charge < -0.3 is 10.1 Å². The van der Waals surface area contributed by atoms with Gasteiger partial charge in [0.1, 0.15) is 5.60 Å². The molecule has 1 fully saturated rings. The highest BCUT2D eigenvalue weighted by Crippen LogP contribution is 2.32. The lowest BCUT2D eigenvalue weighted by atomic mass is 9.95. The summed E-state index contributed by atoms with van der Waals surface area (Å²) in [6.45, 7) is 8.86. The van der Waals surface area contributed by atoms with E-state index in [2.05, 4.69) is 29.1 Å².